The van der Waals surface area contributed by atoms with Gasteiger partial charge in [-0.05, 0) is 8.09 Å². The molecule has 0 spiro atoms. The van der Waals surface area contributed by atoms with E-state index < -0.39 is 0 Å². The molecule has 1 aliphatic heterocycles. The molecule has 2 heterocycles. The molecule has 0 bridgehead atoms. The Kier molecular flexibility index (Phi) is 3.24. The van der Waals surface area contributed by atoms with Crippen molar-refractivity contribution in [2.45, 2.75) is 0 Å². The van der Waals surface area contributed by atoms with Crippen LogP contribution in [0.5, 0.6) is 0 Å². The highest BCUT2D eigenvalue weighted by Gasteiger charge is 2.08. The van der Waals surface area contributed by atoms with Crippen LogP contribution in [0.4, 0.5) is 0 Å². The van der Waals surface area contributed by atoms with Gasteiger partial charge in [-0.3, -0.25) is 0 Å². The van der Waals surface area contributed by atoms with Crippen molar-refractivity contribution in [2.24, 2.45) is 0 Å². The predicted octanol–water partition coefficient (Wildman–Crippen LogP) is 3.89. The largest absolute Gasteiger partial charge is 0.148 e. The standard InChI is InChI=1S/C13H9IN2S/c1-2-5-10(6-3-1)12-15-16-13(17-12)11-7-4-8-14-9-11/h1-9H. The third-order valence-corrected chi connectivity index (χ3v) is 5.18. The van der Waals surface area contributed by atoms with E-state index in [4.69, 9.17) is 0 Å². The molecule has 0 amide bonds. The summed E-state index contributed by atoms with van der Waals surface area (Å²) in [5.41, 5.74) is 2.36. The van der Waals surface area contributed by atoms with E-state index in [9.17, 15) is 0 Å². The molecule has 1 aromatic carbocycles. The molecule has 1 aliphatic rings. The number of halogens is 1. The minimum atomic E-state index is 0.0678. The van der Waals surface area contributed by atoms with E-state index in [1.54, 1.807) is 11.3 Å². The Morgan fingerprint density at radius 1 is 1.00 bits per heavy atom. The van der Waals surface area contributed by atoms with Gasteiger partial charge in [-0.2, -0.15) is 0 Å². The molecular formula is C13H9IN2S. The van der Waals surface area contributed by atoms with Crippen LogP contribution in [0.3, 0.4) is 0 Å². The SMILES string of the molecule is C1=CC(c2nnc(-c3ccccc3)s2)=CI=C1. The second kappa shape index (κ2) is 5.01. The fourth-order valence-electron chi connectivity index (χ4n) is 1.48. The molecule has 2 aromatic rings. The number of hydrogen-bond donors (Lipinski definition) is 0. The molecule has 2 nitrogen and oxygen atoms in total. The fraction of sp³-hybridized carbons (Fsp3) is 0. The average Bonchev–Trinajstić information content (AvgIpc) is 2.90. The molecule has 0 atom stereocenters. The lowest BCUT2D eigenvalue weighted by Crippen LogP contribution is -1.80. The molecule has 0 radical (unpaired) electrons. The van der Waals surface area contributed by atoms with Gasteiger partial charge < -0.3 is 0 Å². The van der Waals surface area contributed by atoms with Gasteiger partial charge in [-0.1, -0.05) is 74.6 Å². The first-order valence-corrected chi connectivity index (χ1v) is 8.45. The zero-order chi connectivity index (χ0) is 11.5. The zero-order valence-corrected chi connectivity index (χ0v) is 11.9. The molecule has 0 aliphatic carbocycles. The normalized spacial score (nSPS) is 14.2. The first-order valence-electron chi connectivity index (χ1n) is 5.15. The number of allylic oxidation sites excluding steroid dienone is 3. The molecular weight excluding hydrogens is 343 g/mol. The Morgan fingerprint density at radius 2 is 1.82 bits per heavy atom. The molecule has 0 fully saturated rings. The Bertz CT molecular complexity index is 611. The summed E-state index contributed by atoms with van der Waals surface area (Å²) >= 11 is 1.72. The van der Waals surface area contributed by atoms with Crippen molar-refractivity contribution in [3.63, 3.8) is 0 Å². The van der Waals surface area contributed by atoms with Gasteiger partial charge in [0.25, 0.3) is 0 Å². The van der Waals surface area contributed by atoms with Crippen molar-refractivity contribution in [3.8, 4) is 10.6 Å². The second-order valence-electron chi connectivity index (χ2n) is 3.45. The first-order chi connectivity index (χ1) is 8.43. The fourth-order valence-corrected chi connectivity index (χ4v) is 4.08. The molecule has 0 saturated carbocycles. The molecule has 84 valence electrons. The van der Waals surface area contributed by atoms with Gasteiger partial charge in [0.05, 0.1) is 0 Å². The summed E-state index contributed by atoms with van der Waals surface area (Å²) in [6.45, 7) is 0. The highest BCUT2D eigenvalue weighted by atomic mass is 127. The number of hydrogen-bond acceptors (Lipinski definition) is 3. The van der Waals surface area contributed by atoms with Gasteiger partial charge >= 0.3 is 0 Å². The molecule has 1 aromatic heterocycles. The van der Waals surface area contributed by atoms with E-state index in [2.05, 4.69) is 42.6 Å². The number of aromatic nitrogens is 2. The Balaban J connectivity index is 1.96. The zero-order valence-electron chi connectivity index (χ0n) is 8.88. The van der Waals surface area contributed by atoms with E-state index in [0.29, 0.717) is 0 Å². The highest BCUT2D eigenvalue weighted by molar-refractivity contribution is 14.2. The lowest BCUT2D eigenvalue weighted by molar-refractivity contribution is 1.08. The summed E-state index contributed by atoms with van der Waals surface area (Å²) in [5.74, 6) is 0. The molecule has 3 rings (SSSR count). The van der Waals surface area contributed by atoms with E-state index in [-0.39, 0.29) is 20.7 Å². The van der Waals surface area contributed by atoms with Crippen LogP contribution in [0.2, 0.25) is 0 Å². The topological polar surface area (TPSA) is 25.8 Å². The molecule has 4 heteroatoms. The third-order valence-electron chi connectivity index (χ3n) is 2.29. The summed E-state index contributed by atoms with van der Waals surface area (Å²) in [6, 6.07) is 10.2. The van der Waals surface area contributed by atoms with E-state index >= 15 is 0 Å². The lowest BCUT2D eigenvalue weighted by atomic mass is 10.2. The molecule has 0 N–H and O–H groups in total. The summed E-state index contributed by atoms with van der Waals surface area (Å²) in [6.07, 6.45) is 4.23. The van der Waals surface area contributed by atoms with E-state index in [1.165, 1.54) is 5.57 Å². The third kappa shape index (κ3) is 2.42. The quantitative estimate of drug-likeness (QED) is 0.767. The average molecular weight is 352 g/mol. The van der Waals surface area contributed by atoms with Crippen LogP contribution >= 0.6 is 32.1 Å². The summed E-state index contributed by atoms with van der Waals surface area (Å²) in [7, 11) is 0. The number of nitrogens with zero attached hydrogens (tertiary/aromatic N) is 2. The van der Waals surface area contributed by atoms with Crippen molar-refractivity contribution in [1.82, 2.24) is 10.2 Å². The van der Waals surface area contributed by atoms with Gasteiger partial charge in [0.1, 0.15) is 10.0 Å². The van der Waals surface area contributed by atoms with E-state index in [0.717, 1.165) is 15.6 Å². The van der Waals surface area contributed by atoms with Crippen molar-refractivity contribution >= 4 is 41.7 Å². The van der Waals surface area contributed by atoms with Crippen molar-refractivity contribution in [2.75, 3.05) is 0 Å². The molecule has 17 heavy (non-hydrogen) atoms. The Morgan fingerprint density at radius 3 is 2.59 bits per heavy atom. The van der Waals surface area contributed by atoms with Crippen molar-refractivity contribution in [1.29, 1.82) is 0 Å². The Labute approximate surface area is 113 Å². The minimum Gasteiger partial charge on any atom is -0.138 e. The van der Waals surface area contributed by atoms with Crippen LogP contribution in [0.15, 0.2) is 46.6 Å². The van der Waals surface area contributed by atoms with Crippen LogP contribution < -0.4 is 0 Å². The second-order valence-corrected chi connectivity index (χ2v) is 6.49. The van der Waals surface area contributed by atoms with Crippen LogP contribution in [-0.2, 0) is 0 Å². The predicted molar refractivity (Wildman–Crippen MR) is 82.5 cm³/mol. The van der Waals surface area contributed by atoms with Crippen molar-refractivity contribution < 1.29 is 0 Å². The summed E-state index contributed by atoms with van der Waals surface area (Å²) < 4.78 is 4.52. The smallest absolute Gasteiger partial charge is 0.138 e. The van der Waals surface area contributed by atoms with Gasteiger partial charge in [0.2, 0.25) is 0 Å². The lowest BCUT2D eigenvalue weighted by Gasteiger charge is -1.96. The molecule has 0 saturated heterocycles. The van der Waals surface area contributed by atoms with E-state index in [1.807, 2.05) is 18.2 Å². The highest BCUT2D eigenvalue weighted by Crippen LogP contribution is 2.29. The van der Waals surface area contributed by atoms with Crippen molar-refractivity contribution in [3.05, 3.63) is 51.6 Å². The Hall–Kier alpha value is -1.14. The number of benzene rings is 1. The summed E-state index contributed by atoms with van der Waals surface area (Å²) in [4.78, 5) is 0. The van der Waals surface area contributed by atoms with Crippen LogP contribution in [0, 0.1) is 0 Å². The maximum Gasteiger partial charge on any atom is 0.148 e. The number of rotatable bonds is 2. The van der Waals surface area contributed by atoms with Crippen LogP contribution in [0.1, 0.15) is 5.01 Å². The van der Waals surface area contributed by atoms with Crippen LogP contribution in [-0.4, -0.2) is 14.2 Å². The maximum absolute atomic E-state index is 4.27. The molecule has 0 unspecified atom stereocenters. The van der Waals surface area contributed by atoms with Crippen LogP contribution in [0.25, 0.3) is 16.1 Å². The summed E-state index contributed by atoms with van der Waals surface area (Å²) in [5, 5.41) is 10.5. The minimum absolute atomic E-state index is 0.0678. The first kappa shape index (κ1) is 11.0. The van der Waals surface area contributed by atoms with Gasteiger partial charge in [-0.15, -0.1) is 10.2 Å². The van der Waals surface area contributed by atoms with Gasteiger partial charge in [-0.25, -0.2) is 0 Å². The monoisotopic (exact) mass is 352 g/mol. The van der Waals surface area contributed by atoms with Gasteiger partial charge in [0.15, 0.2) is 0 Å². The van der Waals surface area contributed by atoms with Gasteiger partial charge in [0, 0.05) is 11.1 Å². The maximum atomic E-state index is 4.27.